The zero-order valence-electron chi connectivity index (χ0n) is 17.9. The number of hydrogen-bond donors (Lipinski definition) is 1. The second-order valence-electron chi connectivity index (χ2n) is 7.73. The second-order valence-corrected chi connectivity index (χ2v) is 10.6. The topological polar surface area (TPSA) is 112 Å². The Hall–Kier alpha value is -2.12. The number of thiazole rings is 1. The van der Waals surface area contributed by atoms with Gasteiger partial charge in [0.2, 0.25) is 10.0 Å². The molecule has 1 N–H and O–H groups in total. The molecule has 2 aromatic rings. The van der Waals surface area contributed by atoms with Gasteiger partial charge in [-0.1, -0.05) is 0 Å². The summed E-state index contributed by atoms with van der Waals surface area (Å²) in [5.41, 5.74) is 1.29. The normalized spacial score (nSPS) is 15.5. The molecule has 2 heterocycles. The number of rotatable bonds is 9. The number of piperazine rings is 1. The molecule has 0 bridgehead atoms. The molecule has 1 aromatic carbocycles. The zero-order valence-corrected chi connectivity index (χ0v) is 19.6. The molecule has 0 aliphatic carbocycles. The lowest BCUT2D eigenvalue weighted by atomic mass is 10.2. The van der Waals surface area contributed by atoms with Crippen molar-refractivity contribution in [2.45, 2.75) is 18.4 Å². The van der Waals surface area contributed by atoms with Crippen LogP contribution in [-0.2, 0) is 16.6 Å². The molecule has 0 atom stereocenters. The van der Waals surface area contributed by atoms with E-state index in [1.165, 1.54) is 12.1 Å². The maximum Gasteiger partial charge on any atom is 0.293 e. The van der Waals surface area contributed by atoms with Gasteiger partial charge in [-0.15, -0.1) is 11.3 Å². The van der Waals surface area contributed by atoms with Gasteiger partial charge < -0.3 is 9.80 Å². The first-order valence-electron chi connectivity index (χ1n) is 9.97. The standard InChI is InChI=1S/C19H28N6O4S2/c1-15-21-16(14-30-15)13-23-8-10-24(11-9-23)18-5-4-17(12-19(18)25(26)27)31(28,29)20-6-7-22(2)3/h4-5,12,14,20H,6-11,13H2,1-3H3. The first kappa shape index (κ1) is 23.5. The molecule has 1 aromatic heterocycles. The molecule has 10 nitrogen and oxygen atoms in total. The van der Waals surface area contributed by atoms with E-state index in [-0.39, 0.29) is 17.1 Å². The Morgan fingerprint density at radius 3 is 2.55 bits per heavy atom. The van der Waals surface area contributed by atoms with Crippen LogP contribution in [0.5, 0.6) is 0 Å². The quantitative estimate of drug-likeness (QED) is 0.436. The number of nitrogens with one attached hydrogen (secondary N) is 1. The van der Waals surface area contributed by atoms with E-state index in [2.05, 4.69) is 20.0 Å². The van der Waals surface area contributed by atoms with Gasteiger partial charge in [-0.2, -0.15) is 0 Å². The Bertz CT molecular complexity index is 1020. The highest BCUT2D eigenvalue weighted by Crippen LogP contribution is 2.31. The molecule has 1 aliphatic heterocycles. The van der Waals surface area contributed by atoms with Crippen molar-refractivity contribution in [3.05, 3.63) is 44.4 Å². The summed E-state index contributed by atoms with van der Waals surface area (Å²) in [7, 11) is -0.137. The van der Waals surface area contributed by atoms with Gasteiger partial charge in [0.05, 0.1) is 20.5 Å². The van der Waals surface area contributed by atoms with Crippen LogP contribution in [0.15, 0.2) is 28.5 Å². The van der Waals surface area contributed by atoms with Crippen LogP contribution in [0.25, 0.3) is 0 Å². The highest BCUT2D eigenvalue weighted by molar-refractivity contribution is 7.89. The number of anilines is 1. The summed E-state index contributed by atoms with van der Waals surface area (Å²) < 4.78 is 27.5. The molecule has 1 fully saturated rings. The number of benzene rings is 1. The minimum absolute atomic E-state index is 0.0979. The van der Waals surface area contributed by atoms with Crippen molar-refractivity contribution in [2.75, 3.05) is 58.3 Å². The maximum absolute atomic E-state index is 12.5. The van der Waals surface area contributed by atoms with Crippen molar-refractivity contribution in [1.29, 1.82) is 0 Å². The molecular weight excluding hydrogens is 440 g/mol. The summed E-state index contributed by atoms with van der Waals surface area (Å²) in [5.74, 6) is 0. The van der Waals surface area contributed by atoms with E-state index in [1.54, 1.807) is 11.3 Å². The first-order valence-corrected chi connectivity index (χ1v) is 12.3. The number of nitro benzene ring substituents is 1. The lowest BCUT2D eigenvalue weighted by molar-refractivity contribution is -0.384. The van der Waals surface area contributed by atoms with E-state index in [1.807, 2.05) is 30.8 Å². The molecule has 0 unspecified atom stereocenters. The summed E-state index contributed by atoms with van der Waals surface area (Å²) in [5, 5.41) is 14.8. The van der Waals surface area contributed by atoms with Gasteiger partial charge in [0.15, 0.2) is 0 Å². The van der Waals surface area contributed by atoms with Crippen molar-refractivity contribution in [1.82, 2.24) is 19.5 Å². The predicted molar refractivity (Wildman–Crippen MR) is 121 cm³/mol. The minimum Gasteiger partial charge on any atom is -0.363 e. The lowest BCUT2D eigenvalue weighted by Crippen LogP contribution is -2.46. The SMILES string of the molecule is Cc1nc(CN2CCN(c3ccc(S(=O)(=O)NCCN(C)C)cc3[N+](=O)[O-])CC2)cs1. The van der Waals surface area contributed by atoms with Crippen LogP contribution < -0.4 is 9.62 Å². The molecule has 0 radical (unpaired) electrons. The minimum atomic E-state index is -3.81. The van der Waals surface area contributed by atoms with E-state index < -0.39 is 14.9 Å². The van der Waals surface area contributed by atoms with Gasteiger partial charge in [-0.05, 0) is 33.2 Å². The largest absolute Gasteiger partial charge is 0.363 e. The molecule has 0 amide bonds. The molecule has 170 valence electrons. The third-order valence-corrected chi connectivity index (χ3v) is 7.35. The van der Waals surface area contributed by atoms with Crippen LogP contribution >= 0.6 is 11.3 Å². The number of nitro groups is 1. The van der Waals surface area contributed by atoms with Gasteiger partial charge in [0.1, 0.15) is 5.69 Å². The van der Waals surface area contributed by atoms with Crippen molar-refractivity contribution in [3.8, 4) is 0 Å². The van der Waals surface area contributed by atoms with E-state index in [0.29, 0.717) is 25.3 Å². The Morgan fingerprint density at radius 2 is 1.97 bits per heavy atom. The van der Waals surface area contributed by atoms with E-state index in [0.717, 1.165) is 36.4 Å². The molecule has 0 saturated carbocycles. The fourth-order valence-corrected chi connectivity index (χ4v) is 5.07. The number of aryl methyl sites for hydroxylation is 1. The van der Waals surface area contributed by atoms with Crippen LogP contribution in [0.4, 0.5) is 11.4 Å². The van der Waals surface area contributed by atoms with Crippen molar-refractivity contribution >= 4 is 32.7 Å². The number of nitrogens with zero attached hydrogens (tertiary/aromatic N) is 5. The molecule has 1 aliphatic rings. The molecule has 12 heteroatoms. The second kappa shape index (κ2) is 10.0. The summed E-state index contributed by atoms with van der Waals surface area (Å²) >= 11 is 1.63. The van der Waals surface area contributed by atoms with Gasteiger partial charge in [0.25, 0.3) is 5.69 Å². The highest BCUT2D eigenvalue weighted by Gasteiger charge is 2.27. The van der Waals surface area contributed by atoms with Crippen LogP contribution in [0, 0.1) is 17.0 Å². The molecule has 3 rings (SSSR count). The average molecular weight is 469 g/mol. The van der Waals surface area contributed by atoms with Gasteiger partial charge >= 0.3 is 0 Å². The number of sulfonamides is 1. The average Bonchev–Trinajstić information content (AvgIpc) is 3.12. The van der Waals surface area contributed by atoms with E-state index >= 15 is 0 Å². The number of likely N-dealkylation sites (N-methyl/N-ethyl adjacent to an activating group) is 1. The monoisotopic (exact) mass is 468 g/mol. The summed E-state index contributed by atoms with van der Waals surface area (Å²) in [6.45, 7) is 6.24. The Balaban J connectivity index is 1.69. The Morgan fingerprint density at radius 1 is 1.26 bits per heavy atom. The lowest BCUT2D eigenvalue weighted by Gasteiger charge is -2.35. The van der Waals surface area contributed by atoms with Gasteiger partial charge in [-0.25, -0.2) is 18.1 Å². The predicted octanol–water partition coefficient (Wildman–Crippen LogP) is 1.52. The molecule has 0 spiro atoms. The summed E-state index contributed by atoms with van der Waals surface area (Å²) in [4.78, 5) is 21.6. The van der Waals surface area contributed by atoms with Crippen molar-refractivity contribution < 1.29 is 13.3 Å². The number of hydrogen-bond acceptors (Lipinski definition) is 9. The summed E-state index contributed by atoms with van der Waals surface area (Å²) in [6.07, 6.45) is 0. The van der Waals surface area contributed by atoms with Gasteiger partial charge in [-0.3, -0.25) is 15.0 Å². The first-order chi connectivity index (χ1) is 14.7. The smallest absolute Gasteiger partial charge is 0.293 e. The van der Waals surface area contributed by atoms with Crippen molar-refractivity contribution in [3.63, 3.8) is 0 Å². The molecule has 31 heavy (non-hydrogen) atoms. The van der Waals surface area contributed by atoms with Crippen LogP contribution in [0.3, 0.4) is 0 Å². The van der Waals surface area contributed by atoms with Crippen LogP contribution in [0.2, 0.25) is 0 Å². The maximum atomic E-state index is 12.5. The van der Waals surface area contributed by atoms with E-state index in [4.69, 9.17) is 0 Å². The fourth-order valence-electron chi connectivity index (χ4n) is 3.43. The van der Waals surface area contributed by atoms with E-state index in [9.17, 15) is 18.5 Å². The molecule has 1 saturated heterocycles. The highest BCUT2D eigenvalue weighted by atomic mass is 32.2. The van der Waals surface area contributed by atoms with Crippen molar-refractivity contribution in [2.24, 2.45) is 0 Å². The summed E-state index contributed by atoms with van der Waals surface area (Å²) in [6, 6.07) is 4.13. The Kier molecular flexibility index (Phi) is 7.59. The fraction of sp³-hybridized carbons (Fsp3) is 0.526. The molecular formula is C19H28N6O4S2. The van der Waals surface area contributed by atoms with Gasteiger partial charge in [0, 0.05) is 57.3 Å². The van der Waals surface area contributed by atoms with Crippen LogP contribution in [-0.4, -0.2) is 81.5 Å². The zero-order chi connectivity index (χ0) is 22.6. The Labute approximate surface area is 186 Å². The number of aromatic nitrogens is 1. The third-order valence-electron chi connectivity index (χ3n) is 5.07. The van der Waals surface area contributed by atoms with Crippen LogP contribution in [0.1, 0.15) is 10.7 Å². The third kappa shape index (κ3) is 6.20.